The molecule has 0 aliphatic heterocycles. The van der Waals surface area contributed by atoms with Crippen molar-refractivity contribution in [1.29, 1.82) is 0 Å². The molecule has 0 heterocycles. The summed E-state index contributed by atoms with van der Waals surface area (Å²) in [6, 6.07) is 5.05. The Balaban J connectivity index is 2.50. The highest BCUT2D eigenvalue weighted by Crippen LogP contribution is 2.18. The molecular weight excluding hydrogens is 257 g/mol. The standard InChI is InChI=1S/C16H24FNO2/c1-4-15(19)6-5-13-9-14(17)11-16(10-13)20-8-7-18-12(2)3/h9-12,18H,4-8H2,1-3H3. The monoisotopic (exact) mass is 281 g/mol. The minimum absolute atomic E-state index is 0.192. The number of hydrogen-bond acceptors (Lipinski definition) is 3. The van der Waals surface area contributed by atoms with Crippen LogP contribution in [-0.2, 0) is 11.2 Å². The average Bonchev–Trinajstić information content (AvgIpc) is 2.40. The van der Waals surface area contributed by atoms with Crippen LogP contribution in [0.4, 0.5) is 4.39 Å². The third kappa shape index (κ3) is 6.66. The first-order chi connectivity index (χ1) is 9.51. The van der Waals surface area contributed by atoms with Crippen molar-refractivity contribution in [3.8, 4) is 5.75 Å². The number of halogens is 1. The van der Waals surface area contributed by atoms with Gasteiger partial charge in [-0.2, -0.15) is 0 Å². The van der Waals surface area contributed by atoms with E-state index in [-0.39, 0.29) is 11.6 Å². The number of rotatable bonds is 9. The van der Waals surface area contributed by atoms with Crippen molar-refractivity contribution in [1.82, 2.24) is 5.32 Å². The molecule has 0 bridgehead atoms. The van der Waals surface area contributed by atoms with Gasteiger partial charge in [0.15, 0.2) is 0 Å². The Bertz CT molecular complexity index is 432. The zero-order chi connectivity index (χ0) is 15.0. The van der Waals surface area contributed by atoms with Crippen LogP contribution in [0, 0.1) is 5.82 Å². The zero-order valence-electron chi connectivity index (χ0n) is 12.5. The lowest BCUT2D eigenvalue weighted by Gasteiger charge is -2.11. The smallest absolute Gasteiger partial charge is 0.132 e. The summed E-state index contributed by atoms with van der Waals surface area (Å²) in [4.78, 5) is 11.3. The second-order valence-electron chi connectivity index (χ2n) is 5.14. The highest BCUT2D eigenvalue weighted by molar-refractivity contribution is 5.78. The normalized spacial score (nSPS) is 10.8. The second-order valence-corrected chi connectivity index (χ2v) is 5.14. The Morgan fingerprint density at radius 1 is 1.35 bits per heavy atom. The summed E-state index contributed by atoms with van der Waals surface area (Å²) in [5.41, 5.74) is 0.804. The van der Waals surface area contributed by atoms with Crippen molar-refractivity contribution in [3.63, 3.8) is 0 Å². The fourth-order valence-electron chi connectivity index (χ4n) is 1.83. The first-order valence-corrected chi connectivity index (χ1v) is 7.18. The predicted molar refractivity (Wildman–Crippen MR) is 78.7 cm³/mol. The quantitative estimate of drug-likeness (QED) is 0.707. The van der Waals surface area contributed by atoms with Crippen LogP contribution in [0.15, 0.2) is 18.2 Å². The number of hydrogen-bond donors (Lipinski definition) is 1. The number of ether oxygens (including phenoxy) is 1. The molecule has 4 heteroatoms. The van der Waals surface area contributed by atoms with Crippen molar-refractivity contribution < 1.29 is 13.9 Å². The van der Waals surface area contributed by atoms with Crippen molar-refractivity contribution in [2.45, 2.75) is 46.1 Å². The van der Waals surface area contributed by atoms with E-state index in [0.717, 1.165) is 12.1 Å². The molecule has 0 spiro atoms. The number of carbonyl (C=O) groups is 1. The van der Waals surface area contributed by atoms with Gasteiger partial charge in [-0.1, -0.05) is 20.8 Å². The van der Waals surface area contributed by atoms with E-state index in [0.29, 0.717) is 37.7 Å². The van der Waals surface area contributed by atoms with Crippen LogP contribution in [-0.4, -0.2) is 25.0 Å². The predicted octanol–water partition coefficient (Wildman–Crippen LogP) is 3.11. The summed E-state index contributed by atoms with van der Waals surface area (Å²) < 4.78 is 19.0. The molecule has 0 aromatic heterocycles. The fourth-order valence-corrected chi connectivity index (χ4v) is 1.83. The number of nitrogens with one attached hydrogen (secondary N) is 1. The van der Waals surface area contributed by atoms with Gasteiger partial charge >= 0.3 is 0 Å². The first kappa shape index (κ1) is 16.6. The number of benzene rings is 1. The van der Waals surface area contributed by atoms with Crippen molar-refractivity contribution >= 4 is 5.78 Å². The molecule has 0 aliphatic rings. The Morgan fingerprint density at radius 3 is 2.75 bits per heavy atom. The lowest BCUT2D eigenvalue weighted by molar-refractivity contribution is -0.118. The van der Waals surface area contributed by atoms with Gasteiger partial charge in [0.2, 0.25) is 0 Å². The maximum atomic E-state index is 13.5. The Morgan fingerprint density at radius 2 is 2.10 bits per heavy atom. The van der Waals surface area contributed by atoms with Gasteiger partial charge in [0.1, 0.15) is 24.0 Å². The molecule has 0 saturated carbocycles. The minimum atomic E-state index is -0.321. The van der Waals surface area contributed by atoms with E-state index in [1.54, 1.807) is 6.07 Å². The summed E-state index contributed by atoms with van der Waals surface area (Å²) in [7, 11) is 0. The molecule has 1 aromatic carbocycles. The largest absolute Gasteiger partial charge is 0.492 e. The molecular formula is C16H24FNO2. The lowest BCUT2D eigenvalue weighted by atomic mass is 10.1. The molecule has 0 amide bonds. The molecule has 1 N–H and O–H groups in total. The number of ketones is 1. The molecule has 0 saturated heterocycles. The van der Waals surface area contributed by atoms with Gasteiger partial charge in [0.25, 0.3) is 0 Å². The van der Waals surface area contributed by atoms with Gasteiger partial charge in [0, 0.05) is 31.5 Å². The van der Waals surface area contributed by atoms with E-state index < -0.39 is 0 Å². The van der Waals surface area contributed by atoms with E-state index >= 15 is 0 Å². The SMILES string of the molecule is CCC(=O)CCc1cc(F)cc(OCCNC(C)C)c1. The van der Waals surface area contributed by atoms with Gasteiger partial charge in [-0.3, -0.25) is 4.79 Å². The second kappa shape index (κ2) is 8.69. The molecule has 0 aliphatic carbocycles. The third-order valence-corrected chi connectivity index (χ3v) is 2.94. The van der Waals surface area contributed by atoms with E-state index in [1.165, 1.54) is 12.1 Å². The van der Waals surface area contributed by atoms with E-state index in [2.05, 4.69) is 19.2 Å². The molecule has 0 fully saturated rings. The van der Waals surface area contributed by atoms with Gasteiger partial charge in [0.05, 0.1) is 0 Å². The van der Waals surface area contributed by atoms with Crippen LogP contribution in [0.25, 0.3) is 0 Å². The third-order valence-electron chi connectivity index (χ3n) is 2.94. The lowest BCUT2D eigenvalue weighted by Crippen LogP contribution is -2.27. The molecule has 0 radical (unpaired) electrons. The molecule has 0 atom stereocenters. The van der Waals surface area contributed by atoms with Crippen molar-refractivity contribution in [2.24, 2.45) is 0 Å². The molecule has 0 unspecified atom stereocenters. The van der Waals surface area contributed by atoms with E-state index in [9.17, 15) is 9.18 Å². The number of Topliss-reactive ketones (excluding diaryl/α,β-unsaturated/α-hetero) is 1. The van der Waals surface area contributed by atoms with Crippen LogP contribution in [0.3, 0.4) is 0 Å². The van der Waals surface area contributed by atoms with Gasteiger partial charge in [-0.05, 0) is 24.1 Å². The van der Waals surface area contributed by atoms with E-state index in [1.807, 2.05) is 6.92 Å². The molecule has 112 valence electrons. The van der Waals surface area contributed by atoms with E-state index in [4.69, 9.17) is 4.74 Å². The van der Waals surface area contributed by atoms with Crippen molar-refractivity contribution in [3.05, 3.63) is 29.6 Å². The first-order valence-electron chi connectivity index (χ1n) is 7.18. The number of aryl methyl sites for hydroxylation is 1. The summed E-state index contributed by atoms with van der Waals surface area (Å²) in [5, 5.41) is 3.23. The molecule has 20 heavy (non-hydrogen) atoms. The Hall–Kier alpha value is -1.42. The van der Waals surface area contributed by atoms with Crippen LogP contribution in [0.2, 0.25) is 0 Å². The highest BCUT2D eigenvalue weighted by atomic mass is 19.1. The molecule has 1 rings (SSSR count). The summed E-state index contributed by atoms with van der Waals surface area (Å²) in [6.45, 7) is 7.17. The van der Waals surface area contributed by atoms with Gasteiger partial charge in [-0.25, -0.2) is 4.39 Å². The maximum absolute atomic E-state index is 13.5. The summed E-state index contributed by atoms with van der Waals surface area (Å²) in [5.74, 6) is 0.394. The number of carbonyl (C=O) groups excluding carboxylic acids is 1. The Labute approximate surface area is 120 Å². The van der Waals surface area contributed by atoms with Gasteiger partial charge < -0.3 is 10.1 Å². The van der Waals surface area contributed by atoms with Crippen LogP contribution >= 0.6 is 0 Å². The fraction of sp³-hybridized carbons (Fsp3) is 0.562. The minimum Gasteiger partial charge on any atom is -0.492 e. The molecule has 1 aromatic rings. The summed E-state index contributed by atoms with van der Waals surface area (Å²) in [6.07, 6.45) is 1.54. The van der Waals surface area contributed by atoms with Crippen LogP contribution < -0.4 is 10.1 Å². The molecule has 3 nitrogen and oxygen atoms in total. The average molecular weight is 281 g/mol. The van der Waals surface area contributed by atoms with Crippen LogP contribution in [0.1, 0.15) is 39.2 Å². The van der Waals surface area contributed by atoms with Gasteiger partial charge in [-0.15, -0.1) is 0 Å². The topological polar surface area (TPSA) is 38.3 Å². The summed E-state index contributed by atoms with van der Waals surface area (Å²) >= 11 is 0. The van der Waals surface area contributed by atoms with Crippen LogP contribution in [0.5, 0.6) is 5.75 Å². The van der Waals surface area contributed by atoms with Crippen molar-refractivity contribution in [2.75, 3.05) is 13.2 Å². The highest BCUT2D eigenvalue weighted by Gasteiger charge is 2.05. The Kier molecular flexibility index (Phi) is 7.23. The maximum Gasteiger partial charge on any atom is 0.132 e. The zero-order valence-corrected chi connectivity index (χ0v) is 12.5.